The van der Waals surface area contributed by atoms with E-state index in [2.05, 4.69) is 42.7 Å². The third-order valence-electron chi connectivity index (χ3n) is 13.4. The molecule has 45 heavy (non-hydrogen) atoms. The third-order valence-corrected chi connectivity index (χ3v) is 14.8. The van der Waals surface area contributed by atoms with Gasteiger partial charge in [0.05, 0.1) is 22.6 Å². The predicted octanol–water partition coefficient (Wildman–Crippen LogP) is 6.27. The molecule has 4 saturated carbocycles. The summed E-state index contributed by atoms with van der Waals surface area (Å²) in [4.78, 5) is 17.0. The number of hydrogen-bond donors (Lipinski definition) is 4. The van der Waals surface area contributed by atoms with E-state index in [4.69, 9.17) is 0 Å². The van der Waals surface area contributed by atoms with Crippen LogP contribution in [0.3, 0.4) is 0 Å². The van der Waals surface area contributed by atoms with Crippen molar-refractivity contribution in [2.45, 2.75) is 109 Å². The summed E-state index contributed by atoms with van der Waals surface area (Å²) in [6, 6.07) is 7.52. The van der Waals surface area contributed by atoms with Gasteiger partial charge in [0, 0.05) is 18.1 Å². The fourth-order valence-electron chi connectivity index (χ4n) is 11.3. The molecule has 1 aromatic heterocycles. The Bertz CT molecular complexity index is 1500. The topological polar surface area (TPSA) is 129 Å². The van der Waals surface area contributed by atoms with Gasteiger partial charge in [-0.25, -0.2) is 17.9 Å². The van der Waals surface area contributed by atoms with E-state index < -0.39 is 16.1 Å². The Balaban J connectivity index is 1.10. The van der Waals surface area contributed by atoms with Crippen LogP contribution < -0.4 is 10.0 Å². The molecule has 9 heteroatoms. The van der Waals surface area contributed by atoms with E-state index in [1.165, 1.54) is 25.3 Å². The molecule has 0 saturated heterocycles. The van der Waals surface area contributed by atoms with E-state index >= 15 is 0 Å². The summed E-state index contributed by atoms with van der Waals surface area (Å²) < 4.78 is 28.3. The molecule has 2 aromatic rings. The van der Waals surface area contributed by atoms with Crippen molar-refractivity contribution in [3.8, 4) is 0 Å². The molecule has 4 aliphatic carbocycles. The highest BCUT2D eigenvalue weighted by molar-refractivity contribution is 7.90. The lowest BCUT2D eigenvalue weighted by atomic mass is 9.48. The van der Waals surface area contributed by atoms with Crippen LogP contribution in [0.25, 0.3) is 10.9 Å². The van der Waals surface area contributed by atoms with Crippen molar-refractivity contribution in [3.63, 3.8) is 0 Å². The Hall–Kier alpha value is -2.23. The number of aliphatic hydroxyl groups excluding tert-OH is 2. The predicted molar refractivity (Wildman–Crippen MR) is 176 cm³/mol. The molecule has 0 spiro atoms. The first-order valence-electron chi connectivity index (χ1n) is 17.4. The van der Waals surface area contributed by atoms with Gasteiger partial charge in [-0.3, -0.25) is 4.98 Å². The number of hydrogen-bond acceptors (Lipinski definition) is 6. The minimum Gasteiger partial charge on any atom is -0.393 e. The molecule has 1 aromatic carbocycles. The van der Waals surface area contributed by atoms with Gasteiger partial charge in [-0.1, -0.05) is 40.2 Å². The lowest BCUT2D eigenvalue weighted by Crippen LogP contribution is -2.51. The fourth-order valence-corrected chi connectivity index (χ4v) is 12.4. The van der Waals surface area contributed by atoms with Crippen molar-refractivity contribution < 1.29 is 23.4 Å². The lowest BCUT2D eigenvalue weighted by molar-refractivity contribution is -0.0964. The molecule has 4 fully saturated rings. The second kappa shape index (κ2) is 12.4. The van der Waals surface area contributed by atoms with Crippen LogP contribution in [-0.4, -0.2) is 48.4 Å². The van der Waals surface area contributed by atoms with Crippen LogP contribution in [0.5, 0.6) is 0 Å². The zero-order chi connectivity index (χ0) is 32.1. The molecule has 0 aliphatic heterocycles. The van der Waals surface area contributed by atoms with Crippen molar-refractivity contribution >= 4 is 27.0 Å². The molecule has 0 bridgehead atoms. The third kappa shape index (κ3) is 5.80. The van der Waals surface area contributed by atoms with E-state index in [-0.39, 0.29) is 33.9 Å². The highest BCUT2D eigenvalue weighted by Crippen LogP contribution is 2.68. The number of amides is 2. The second-order valence-corrected chi connectivity index (χ2v) is 17.1. The molecule has 8 nitrogen and oxygen atoms in total. The Morgan fingerprint density at radius 1 is 1.00 bits per heavy atom. The van der Waals surface area contributed by atoms with Crippen molar-refractivity contribution in [1.82, 2.24) is 15.0 Å². The summed E-state index contributed by atoms with van der Waals surface area (Å²) >= 11 is 0. The summed E-state index contributed by atoms with van der Waals surface area (Å²) in [7, 11) is -4.06. The number of urea groups is 1. The summed E-state index contributed by atoms with van der Waals surface area (Å²) in [6.45, 7) is 9.90. The standard InChI is InChI=1S/C36H53N3O5S/c1-5-24-30-20-23(40)13-16-36(30,4)29-14-17-35(3)27(11-12-28(35)26(29)21-32(24)41)22(2)15-19-38-34(42)39-45(43,44)33-10-6-9-31-25(33)8-7-18-37-31/h6-10,18,22-24,26-30,32,40-41H,5,11-17,19-21H2,1-4H3,(H2,38,39,42)/t22-,23-,24-,26-,27-,28+,29+,30+,32?,35-,36-/m1/s1. The number of rotatable bonds is 7. The minimum absolute atomic E-state index is 0.0376. The number of benzene rings is 1. The Morgan fingerprint density at radius 2 is 1.76 bits per heavy atom. The van der Waals surface area contributed by atoms with Gasteiger partial charge in [-0.05, 0) is 134 Å². The van der Waals surface area contributed by atoms with Gasteiger partial charge in [0.2, 0.25) is 0 Å². The Morgan fingerprint density at radius 3 is 2.53 bits per heavy atom. The number of pyridine rings is 1. The smallest absolute Gasteiger partial charge is 0.328 e. The van der Waals surface area contributed by atoms with E-state index in [0.29, 0.717) is 53.0 Å². The van der Waals surface area contributed by atoms with Crippen LogP contribution in [-0.2, 0) is 10.0 Å². The van der Waals surface area contributed by atoms with Crippen LogP contribution in [0.2, 0.25) is 0 Å². The molecule has 248 valence electrons. The molecule has 11 atom stereocenters. The first kappa shape index (κ1) is 32.7. The molecular weight excluding hydrogens is 586 g/mol. The maximum Gasteiger partial charge on any atom is 0.328 e. The number of nitrogens with one attached hydrogen (secondary N) is 2. The van der Waals surface area contributed by atoms with Gasteiger partial charge >= 0.3 is 6.03 Å². The molecule has 0 radical (unpaired) electrons. The molecule has 4 N–H and O–H groups in total. The van der Waals surface area contributed by atoms with Crippen molar-refractivity contribution in [3.05, 3.63) is 36.5 Å². The van der Waals surface area contributed by atoms with Crippen molar-refractivity contribution in [2.75, 3.05) is 6.54 Å². The van der Waals surface area contributed by atoms with Crippen molar-refractivity contribution in [2.24, 2.45) is 52.3 Å². The number of carbonyl (C=O) groups excluding carboxylic acids is 1. The molecule has 1 unspecified atom stereocenters. The quantitative estimate of drug-likeness (QED) is 0.283. The highest BCUT2D eigenvalue weighted by atomic mass is 32.2. The monoisotopic (exact) mass is 639 g/mol. The molecular formula is C36H53N3O5S. The van der Waals surface area contributed by atoms with Gasteiger partial charge < -0.3 is 15.5 Å². The van der Waals surface area contributed by atoms with Crippen LogP contribution in [0, 0.1) is 52.3 Å². The molecule has 1 heterocycles. The molecule has 2 amide bonds. The largest absolute Gasteiger partial charge is 0.393 e. The number of fused-ring (bicyclic) bond motifs is 6. The van der Waals surface area contributed by atoms with Crippen molar-refractivity contribution in [1.29, 1.82) is 0 Å². The first-order chi connectivity index (χ1) is 21.4. The zero-order valence-electron chi connectivity index (χ0n) is 27.4. The Labute approximate surface area is 269 Å². The summed E-state index contributed by atoms with van der Waals surface area (Å²) in [5.74, 6) is 3.23. The second-order valence-electron chi connectivity index (χ2n) is 15.5. The maximum absolute atomic E-state index is 13.1. The normalized spacial score (nSPS) is 38.8. The van der Waals surface area contributed by atoms with Gasteiger partial charge in [0.25, 0.3) is 10.0 Å². The first-order valence-corrected chi connectivity index (χ1v) is 18.9. The average Bonchev–Trinajstić information content (AvgIpc) is 3.32. The summed E-state index contributed by atoms with van der Waals surface area (Å²) in [5, 5.41) is 25.5. The minimum atomic E-state index is -4.06. The summed E-state index contributed by atoms with van der Waals surface area (Å²) in [6.07, 6.45) is 11.2. The fraction of sp³-hybridized carbons (Fsp3) is 0.722. The van der Waals surface area contributed by atoms with Gasteiger partial charge in [0.15, 0.2) is 0 Å². The van der Waals surface area contributed by atoms with Crippen LogP contribution in [0.1, 0.15) is 91.9 Å². The number of sulfonamides is 1. The molecule has 6 rings (SSSR count). The SMILES string of the molecule is CC[C@H]1C(O)C[C@H]2[C@H](CC[C@]3(C)[C@@H]([C@H](C)CCNC(=O)NS(=O)(=O)c4cccc5ncccc45)CC[C@@H]23)[C@@]2(C)CC[C@@H](O)C[C@@H]12. The van der Waals surface area contributed by atoms with Gasteiger partial charge in [-0.15, -0.1) is 0 Å². The lowest BCUT2D eigenvalue weighted by Gasteiger charge is -2.57. The van der Waals surface area contributed by atoms with E-state index in [1.807, 2.05) is 0 Å². The van der Waals surface area contributed by atoms with Crippen LogP contribution in [0.15, 0.2) is 41.4 Å². The number of aliphatic hydroxyl groups is 2. The van der Waals surface area contributed by atoms with E-state index in [0.717, 1.165) is 44.9 Å². The van der Waals surface area contributed by atoms with Gasteiger partial charge in [-0.2, -0.15) is 0 Å². The number of carbonyl (C=O) groups is 1. The number of nitrogens with zero attached hydrogens (tertiary/aromatic N) is 1. The van der Waals surface area contributed by atoms with Crippen LogP contribution in [0.4, 0.5) is 4.79 Å². The Kier molecular flexibility index (Phi) is 9.02. The zero-order valence-corrected chi connectivity index (χ0v) is 28.2. The summed E-state index contributed by atoms with van der Waals surface area (Å²) in [5.41, 5.74) is 0.926. The maximum atomic E-state index is 13.1. The average molecular weight is 640 g/mol. The van der Waals surface area contributed by atoms with E-state index in [1.54, 1.807) is 30.5 Å². The van der Waals surface area contributed by atoms with E-state index in [9.17, 15) is 23.4 Å². The number of aromatic nitrogens is 1. The van der Waals surface area contributed by atoms with Crippen LogP contribution >= 0.6 is 0 Å². The van der Waals surface area contributed by atoms with Gasteiger partial charge in [0.1, 0.15) is 0 Å². The molecule has 4 aliphatic rings. The highest BCUT2D eigenvalue weighted by Gasteiger charge is 2.61.